The van der Waals surface area contributed by atoms with Crippen molar-refractivity contribution < 1.29 is 12.9 Å². The fourth-order valence-corrected chi connectivity index (χ4v) is 6.73. The van der Waals surface area contributed by atoms with Crippen LogP contribution in [0.5, 0.6) is 0 Å². The van der Waals surface area contributed by atoms with Gasteiger partial charge >= 0.3 is 0 Å². The molecule has 0 atom stereocenters. The average molecular weight is 482 g/mol. The van der Waals surface area contributed by atoms with Gasteiger partial charge in [0.1, 0.15) is 28.6 Å². The molecule has 0 saturated carbocycles. The van der Waals surface area contributed by atoms with E-state index in [4.69, 9.17) is 4.52 Å². The van der Waals surface area contributed by atoms with Crippen LogP contribution in [-0.2, 0) is 10.0 Å². The summed E-state index contributed by atoms with van der Waals surface area (Å²) in [6.07, 6.45) is 8.86. The lowest BCUT2D eigenvalue weighted by atomic mass is 9.98. The highest BCUT2D eigenvalue weighted by molar-refractivity contribution is 7.89. The maximum absolute atomic E-state index is 13.1. The summed E-state index contributed by atoms with van der Waals surface area (Å²) in [5.74, 6) is 0.347. The topological polar surface area (TPSA) is 126 Å². The number of nitrogens with zero attached hydrogens (tertiary/aromatic N) is 7. The summed E-state index contributed by atoms with van der Waals surface area (Å²) in [5.41, 5.74) is 3.04. The summed E-state index contributed by atoms with van der Waals surface area (Å²) in [6.45, 7) is 5.95. The summed E-state index contributed by atoms with van der Waals surface area (Å²) in [6, 6.07) is 3.55. The second-order valence-electron chi connectivity index (χ2n) is 8.90. The molecule has 0 aliphatic carbocycles. The van der Waals surface area contributed by atoms with Gasteiger partial charge in [0.05, 0.1) is 11.9 Å². The second kappa shape index (κ2) is 8.00. The van der Waals surface area contributed by atoms with Gasteiger partial charge in [-0.15, -0.1) is 0 Å². The minimum atomic E-state index is -3.58. The summed E-state index contributed by atoms with van der Waals surface area (Å²) in [5, 5.41) is 9.33. The molecule has 0 bridgehead atoms. The Morgan fingerprint density at radius 3 is 2.68 bits per heavy atom. The standard InChI is InChI=1S/C22H25N8O3S/c1-14-21(15(2)33-27-14)34(31,32)29-7-4-17(5-8-29)28-11-18(12-28)30-10-16(9-26-30)20-19-3-6-23-22(19)25-13-24-20/h3,6,9-10,13,17H,4-5,7-8,11-12H2,1-2H3,(H,23,24,25). The number of aryl methyl sites for hydroxylation is 2. The predicted octanol–water partition coefficient (Wildman–Crippen LogP) is 1.98. The number of nitrogens with one attached hydrogen (secondary N) is 1. The van der Waals surface area contributed by atoms with Gasteiger partial charge in [0.25, 0.3) is 0 Å². The van der Waals surface area contributed by atoms with Gasteiger partial charge in [-0.2, -0.15) is 9.40 Å². The Kier molecular flexibility index (Phi) is 5.04. The third-order valence-corrected chi connectivity index (χ3v) is 8.95. The number of rotatable bonds is 5. The number of hydrogen-bond acceptors (Lipinski definition) is 8. The van der Waals surface area contributed by atoms with Crippen molar-refractivity contribution in [3.63, 3.8) is 0 Å². The largest absolute Gasteiger partial charge is 0.360 e. The van der Waals surface area contributed by atoms with E-state index >= 15 is 0 Å². The Labute approximate surface area is 196 Å². The van der Waals surface area contributed by atoms with E-state index in [2.05, 4.69) is 30.1 Å². The maximum Gasteiger partial charge on any atom is 0.248 e. The lowest BCUT2D eigenvalue weighted by Gasteiger charge is -2.46. The second-order valence-corrected chi connectivity index (χ2v) is 10.8. The van der Waals surface area contributed by atoms with Crippen molar-refractivity contribution in [2.75, 3.05) is 26.2 Å². The predicted molar refractivity (Wildman–Crippen MR) is 123 cm³/mol. The molecule has 2 saturated heterocycles. The van der Waals surface area contributed by atoms with E-state index in [1.165, 1.54) is 6.04 Å². The minimum absolute atomic E-state index is 0.209. The molecule has 2 aliphatic rings. The molecular weight excluding hydrogens is 456 g/mol. The molecule has 12 heteroatoms. The zero-order chi connectivity index (χ0) is 23.4. The number of piperidine rings is 1. The van der Waals surface area contributed by atoms with Crippen molar-refractivity contribution in [1.82, 2.24) is 39.1 Å². The van der Waals surface area contributed by atoms with Gasteiger partial charge in [0, 0.05) is 55.6 Å². The highest BCUT2D eigenvalue weighted by atomic mass is 32.2. The van der Waals surface area contributed by atoms with E-state index in [1.54, 1.807) is 24.5 Å². The van der Waals surface area contributed by atoms with Crippen LogP contribution in [0.4, 0.5) is 0 Å². The fraction of sp³-hybridized carbons (Fsp3) is 0.409. The van der Waals surface area contributed by atoms with Crippen molar-refractivity contribution >= 4 is 21.1 Å². The molecule has 0 amide bonds. The highest BCUT2D eigenvalue weighted by Crippen LogP contribution is 2.32. The number of likely N-dealkylation sites (tertiary alicyclic amines) is 1. The zero-order valence-corrected chi connectivity index (χ0v) is 19.8. The monoisotopic (exact) mass is 481 g/mol. The van der Waals surface area contributed by atoms with E-state index in [1.807, 2.05) is 29.3 Å². The van der Waals surface area contributed by atoms with Gasteiger partial charge in [0.2, 0.25) is 10.0 Å². The molecule has 0 unspecified atom stereocenters. The van der Waals surface area contributed by atoms with Gasteiger partial charge in [-0.3, -0.25) is 9.58 Å². The number of hydrogen-bond donors (Lipinski definition) is 1. The molecule has 4 aromatic heterocycles. The molecule has 11 nitrogen and oxygen atoms in total. The van der Waals surface area contributed by atoms with Crippen molar-refractivity contribution in [1.29, 1.82) is 0 Å². The van der Waals surface area contributed by atoms with E-state index < -0.39 is 10.0 Å². The van der Waals surface area contributed by atoms with Crippen LogP contribution < -0.4 is 0 Å². The Balaban J connectivity index is 1.08. The lowest BCUT2D eigenvalue weighted by molar-refractivity contribution is 0.0883. The molecule has 6 heterocycles. The number of aromatic amines is 1. The maximum atomic E-state index is 13.1. The fourth-order valence-electron chi connectivity index (χ4n) is 4.97. The molecule has 0 spiro atoms. The van der Waals surface area contributed by atoms with Crippen molar-refractivity contribution in [3.05, 3.63) is 48.5 Å². The average Bonchev–Trinajstić information content (AvgIpc) is 3.53. The third-order valence-electron chi connectivity index (χ3n) is 6.81. The molecule has 6 rings (SSSR count). The van der Waals surface area contributed by atoms with Gasteiger partial charge in [-0.25, -0.2) is 18.4 Å². The van der Waals surface area contributed by atoms with Crippen LogP contribution in [0, 0.1) is 19.9 Å². The molecule has 0 aromatic carbocycles. The van der Waals surface area contributed by atoms with Crippen LogP contribution in [0.1, 0.15) is 24.3 Å². The van der Waals surface area contributed by atoms with E-state index in [9.17, 15) is 8.42 Å². The smallest absolute Gasteiger partial charge is 0.248 e. The van der Waals surface area contributed by atoms with Gasteiger partial charge in [-0.1, -0.05) is 5.16 Å². The van der Waals surface area contributed by atoms with Gasteiger partial charge in [0.15, 0.2) is 5.76 Å². The van der Waals surface area contributed by atoms with E-state index in [-0.39, 0.29) is 4.90 Å². The molecule has 2 fully saturated rings. The van der Waals surface area contributed by atoms with Crippen LogP contribution in [0.25, 0.3) is 22.3 Å². The molecule has 2 aliphatic heterocycles. The first-order valence-electron chi connectivity index (χ1n) is 11.3. The lowest BCUT2D eigenvalue weighted by Crippen LogP contribution is -2.56. The van der Waals surface area contributed by atoms with Crippen molar-refractivity contribution in [2.45, 2.75) is 37.6 Å². The Bertz CT molecular complexity index is 1420. The van der Waals surface area contributed by atoms with Crippen LogP contribution in [-0.4, -0.2) is 79.7 Å². The number of sulfonamides is 1. The normalized spacial score (nSPS) is 19.1. The number of fused-ring (bicyclic) bond motifs is 1. The summed E-state index contributed by atoms with van der Waals surface area (Å²) in [4.78, 5) is 14.4. The zero-order valence-electron chi connectivity index (χ0n) is 19.0. The van der Waals surface area contributed by atoms with Gasteiger partial charge in [-0.05, 0) is 32.8 Å². The van der Waals surface area contributed by atoms with Crippen LogP contribution in [0.3, 0.4) is 0 Å². The summed E-state index contributed by atoms with van der Waals surface area (Å²) < 4.78 is 34.7. The first-order chi connectivity index (χ1) is 16.4. The van der Waals surface area contributed by atoms with Crippen molar-refractivity contribution in [3.8, 4) is 11.3 Å². The quantitative estimate of drug-likeness (QED) is 0.459. The number of aromatic nitrogens is 6. The van der Waals surface area contributed by atoms with Crippen molar-refractivity contribution in [2.24, 2.45) is 0 Å². The minimum Gasteiger partial charge on any atom is -0.360 e. The first kappa shape index (κ1) is 21.4. The Morgan fingerprint density at radius 1 is 1.15 bits per heavy atom. The van der Waals surface area contributed by atoms with Crippen LogP contribution in [0.15, 0.2) is 40.4 Å². The molecule has 34 heavy (non-hydrogen) atoms. The highest BCUT2D eigenvalue weighted by Gasteiger charge is 2.39. The molecule has 177 valence electrons. The summed E-state index contributed by atoms with van der Waals surface area (Å²) >= 11 is 0. The Hall–Kier alpha value is -3.09. The first-order valence-corrected chi connectivity index (χ1v) is 12.7. The third kappa shape index (κ3) is 3.44. The molecule has 1 N–H and O–H groups in total. The van der Waals surface area contributed by atoms with E-state index in [0.717, 1.165) is 48.2 Å². The summed E-state index contributed by atoms with van der Waals surface area (Å²) in [7, 11) is -3.58. The Morgan fingerprint density at radius 2 is 1.94 bits per heavy atom. The van der Waals surface area contributed by atoms with Crippen LogP contribution in [0.2, 0.25) is 0 Å². The SMILES string of the molecule is Cc1noc(C)c1S(=O)(=O)N1CCC(N2C[C](n3cc(-c4ncnc5[nH]ccc45)cn3)C2)CC1. The van der Waals surface area contributed by atoms with E-state index in [0.29, 0.717) is 30.6 Å². The van der Waals surface area contributed by atoms with Crippen LogP contribution >= 0.6 is 0 Å². The number of H-pyrrole nitrogens is 1. The van der Waals surface area contributed by atoms with Gasteiger partial charge < -0.3 is 9.51 Å². The molecular formula is C22H25N8O3S. The molecule has 4 aromatic rings. The molecule has 1 radical (unpaired) electrons.